The molecule has 1 saturated carbocycles. The Morgan fingerprint density at radius 1 is 1.21 bits per heavy atom. The second kappa shape index (κ2) is 10.2. The molecule has 1 aliphatic heterocycles. The summed E-state index contributed by atoms with van der Waals surface area (Å²) in [7, 11) is 3.19. The van der Waals surface area contributed by atoms with E-state index >= 15 is 0 Å². The molecule has 2 N–H and O–H groups in total. The number of carbonyl (C=O) groups is 2. The Morgan fingerprint density at radius 3 is 2.79 bits per heavy atom. The zero-order valence-electron chi connectivity index (χ0n) is 18.6. The first kappa shape index (κ1) is 23.0. The maximum atomic E-state index is 12.9. The van der Waals surface area contributed by atoms with Crippen LogP contribution in [-0.4, -0.2) is 38.2 Å². The average Bonchev–Trinajstić information content (AvgIpc) is 2.83. The number of halogens is 1. The summed E-state index contributed by atoms with van der Waals surface area (Å²) in [6.45, 7) is 0.331. The molecule has 0 bridgehead atoms. The SMILES string of the molecule is COc1ccc(OC)c(CNC(=O)C2CCC3O/C(=C\c4ccccc4Cl)C(=O)NC3C2)c1. The van der Waals surface area contributed by atoms with Gasteiger partial charge in [0.05, 0.1) is 20.3 Å². The molecule has 33 heavy (non-hydrogen) atoms. The number of hydrogen-bond donors (Lipinski definition) is 2. The molecule has 2 aromatic rings. The lowest BCUT2D eigenvalue weighted by Gasteiger charge is -2.39. The van der Waals surface area contributed by atoms with Gasteiger partial charge in [-0.25, -0.2) is 0 Å². The lowest BCUT2D eigenvalue weighted by molar-refractivity contribution is -0.134. The summed E-state index contributed by atoms with van der Waals surface area (Å²) >= 11 is 6.20. The van der Waals surface area contributed by atoms with Crippen molar-refractivity contribution in [3.63, 3.8) is 0 Å². The molecule has 4 rings (SSSR count). The quantitative estimate of drug-likeness (QED) is 0.629. The van der Waals surface area contributed by atoms with Crippen LogP contribution < -0.4 is 20.1 Å². The molecular formula is C25H27ClN2O5. The smallest absolute Gasteiger partial charge is 0.286 e. The average molecular weight is 471 g/mol. The van der Waals surface area contributed by atoms with Gasteiger partial charge in [0.1, 0.15) is 17.6 Å². The van der Waals surface area contributed by atoms with Crippen molar-refractivity contribution in [2.75, 3.05) is 14.2 Å². The number of fused-ring (bicyclic) bond motifs is 1. The van der Waals surface area contributed by atoms with Crippen molar-refractivity contribution < 1.29 is 23.8 Å². The van der Waals surface area contributed by atoms with Gasteiger partial charge in [0.25, 0.3) is 5.91 Å². The van der Waals surface area contributed by atoms with E-state index < -0.39 is 0 Å². The van der Waals surface area contributed by atoms with Crippen LogP contribution in [0.2, 0.25) is 5.02 Å². The molecule has 2 aliphatic rings. The van der Waals surface area contributed by atoms with Gasteiger partial charge in [0.15, 0.2) is 5.76 Å². The zero-order chi connectivity index (χ0) is 23.4. The third kappa shape index (κ3) is 5.25. The maximum absolute atomic E-state index is 12.9. The van der Waals surface area contributed by atoms with Gasteiger partial charge in [0, 0.05) is 23.0 Å². The Balaban J connectivity index is 1.36. The molecule has 2 fully saturated rings. The summed E-state index contributed by atoms with van der Waals surface area (Å²) in [5.74, 6) is 1.08. The summed E-state index contributed by atoms with van der Waals surface area (Å²) < 4.78 is 16.6. The highest BCUT2D eigenvalue weighted by atomic mass is 35.5. The molecule has 174 valence electrons. The molecular weight excluding hydrogens is 444 g/mol. The van der Waals surface area contributed by atoms with E-state index in [-0.39, 0.29) is 35.6 Å². The van der Waals surface area contributed by atoms with Crippen molar-refractivity contribution in [1.82, 2.24) is 10.6 Å². The molecule has 2 aromatic carbocycles. The molecule has 3 unspecified atom stereocenters. The largest absolute Gasteiger partial charge is 0.497 e. The molecule has 1 heterocycles. The molecule has 3 atom stereocenters. The van der Waals surface area contributed by atoms with Crippen LogP contribution >= 0.6 is 11.6 Å². The van der Waals surface area contributed by atoms with E-state index in [1.807, 2.05) is 36.4 Å². The topological polar surface area (TPSA) is 85.9 Å². The van der Waals surface area contributed by atoms with Crippen molar-refractivity contribution in [2.24, 2.45) is 5.92 Å². The second-order valence-corrected chi connectivity index (χ2v) is 8.58. The minimum absolute atomic E-state index is 0.0509. The molecule has 7 nitrogen and oxygen atoms in total. The summed E-state index contributed by atoms with van der Waals surface area (Å²) in [5, 5.41) is 6.56. The molecule has 8 heteroatoms. The van der Waals surface area contributed by atoms with Gasteiger partial charge >= 0.3 is 0 Å². The van der Waals surface area contributed by atoms with E-state index in [2.05, 4.69) is 10.6 Å². The van der Waals surface area contributed by atoms with Crippen molar-refractivity contribution in [1.29, 1.82) is 0 Å². The molecule has 0 radical (unpaired) electrons. The number of rotatable bonds is 6. The van der Waals surface area contributed by atoms with Crippen LogP contribution in [0.4, 0.5) is 0 Å². The maximum Gasteiger partial charge on any atom is 0.286 e. The van der Waals surface area contributed by atoms with Gasteiger partial charge in [-0.2, -0.15) is 0 Å². The van der Waals surface area contributed by atoms with E-state index in [4.69, 9.17) is 25.8 Å². The summed E-state index contributed by atoms with van der Waals surface area (Å²) in [5.41, 5.74) is 1.56. The standard InChI is InChI=1S/C25H27ClN2O5/c1-31-18-8-10-21(32-2)17(11-18)14-27-24(29)16-7-9-22-20(12-16)28-25(30)23(33-22)13-15-5-3-4-6-19(15)26/h3-6,8,10-11,13,16,20,22H,7,9,12,14H2,1-2H3,(H,27,29)(H,28,30)/b23-13-. The molecule has 0 aromatic heterocycles. The van der Waals surface area contributed by atoms with E-state index in [0.29, 0.717) is 42.3 Å². The third-order valence-corrected chi connectivity index (χ3v) is 6.45. The van der Waals surface area contributed by atoms with Crippen LogP contribution in [0.15, 0.2) is 48.2 Å². The van der Waals surface area contributed by atoms with Gasteiger partial charge in [0.2, 0.25) is 5.91 Å². The third-order valence-electron chi connectivity index (χ3n) is 6.11. The Bertz CT molecular complexity index is 1070. The first-order valence-electron chi connectivity index (χ1n) is 10.9. The van der Waals surface area contributed by atoms with Crippen molar-refractivity contribution in [2.45, 2.75) is 38.0 Å². The Labute approximate surface area is 198 Å². The van der Waals surface area contributed by atoms with E-state index in [0.717, 1.165) is 11.1 Å². The molecule has 1 aliphatic carbocycles. The van der Waals surface area contributed by atoms with Gasteiger partial charge in [-0.15, -0.1) is 0 Å². The molecule has 1 saturated heterocycles. The number of methoxy groups -OCH3 is 2. The van der Waals surface area contributed by atoms with Crippen LogP contribution in [0.25, 0.3) is 6.08 Å². The van der Waals surface area contributed by atoms with E-state index in [1.165, 1.54) is 0 Å². The minimum atomic E-state index is -0.293. The number of carbonyl (C=O) groups excluding carboxylic acids is 2. The molecule has 2 amide bonds. The van der Waals surface area contributed by atoms with Crippen LogP contribution in [0.3, 0.4) is 0 Å². The number of hydrogen-bond acceptors (Lipinski definition) is 5. The highest BCUT2D eigenvalue weighted by Gasteiger charge is 2.40. The van der Waals surface area contributed by atoms with Crippen molar-refractivity contribution in [3.8, 4) is 11.5 Å². The fraction of sp³-hybridized carbons (Fsp3) is 0.360. The first-order valence-corrected chi connectivity index (χ1v) is 11.3. The summed E-state index contributed by atoms with van der Waals surface area (Å²) in [6, 6.07) is 12.5. The molecule has 0 spiro atoms. The number of amides is 2. The lowest BCUT2D eigenvalue weighted by atomic mass is 9.82. The van der Waals surface area contributed by atoms with E-state index in [1.54, 1.807) is 26.4 Å². The first-order chi connectivity index (χ1) is 16.0. The van der Waals surface area contributed by atoms with Gasteiger partial charge in [-0.1, -0.05) is 29.8 Å². The van der Waals surface area contributed by atoms with Crippen LogP contribution in [0.1, 0.15) is 30.4 Å². The van der Waals surface area contributed by atoms with Crippen molar-refractivity contribution in [3.05, 3.63) is 64.4 Å². The summed E-state index contributed by atoms with van der Waals surface area (Å²) in [4.78, 5) is 25.5. The highest BCUT2D eigenvalue weighted by molar-refractivity contribution is 6.32. The highest BCUT2D eigenvalue weighted by Crippen LogP contribution is 2.32. The lowest BCUT2D eigenvalue weighted by Crippen LogP contribution is -2.54. The number of ether oxygens (including phenoxy) is 3. The summed E-state index contributed by atoms with van der Waals surface area (Å²) in [6.07, 6.45) is 3.37. The zero-order valence-corrected chi connectivity index (χ0v) is 19.4. The van der Waals surface area contributed by atoms with Crippen LogP contribution in [-0.2, 0) is 20.9 Å². The normalized spacial score (nSPS) is 23.2. The van der Waals surface area contributed by atoms with Gasteiger partial charge in [-0.3, -0.25) is 9.59 Å². The van der Waals surface area contributed by atoms with Crippen LogP contribution in [0, 0.1) is 5.92 Å². The van der Waals surface area contributed by atoms with Gasteiger partial charge < -0.3 is 24.8 Å². The second-order valence-electron chi connectivity index (χ2n) is 8.17. The monoisotopic (exact) mass is 470 g/mol. The minimum Gasteiger partial charge on any atom is -0.497 e. The Morgan fingerprint density at radius 2 is 2.03 bits per heavy atom. The number of morpholine rings is 1. The Hall–Kier alpha value is -3.19. The predicted octanol–water partition coefficient (Wildman–Crippen LogP) is 3.70. The Kier molecular flexibility index (Phi) is 7.08. The van der Waals surface area contributed by atoms with Crippen molar-refractivity contribution >= 4 is 29.5 Å². The fourth-order valence-corrected chi connectivity index (χ4v) is 4.50. The van der Waals surface area contributed by atoms with E-state index in [9.17, 15) is 9.59 Å². The predicted molar refractivity (Wildman–Crippen MR) is 125 cm³/mol. The fourth-order valence-electron chi connectivity index (χ4n) is 4.31. The number of nitrogens with one attached hydrogen (secondary N) is 2. The number of benzene rings is 2. The van der Waals surface area contributed by atoms with Crippen LogP contribution in [0.5, 0.6) is 11.5 Å². The van der Waals surface area contributed by atoms with Gasteiger partial charge in [-0.05, 0) is 55.2 Å².